The second kappa shape index (κ2) is 26.9. The summed E-state index contributed by atoms with van der Waals surface area (Å²) in [6, 6.07) is 0. The molecule has 0 saturated heterocycles. The fourth-order valence-electron chi connectivity index (χ4n) is 14.0. The van der Waals surface area contributed by atoms with Gasteiger partial charge in [-0.3, -0.25) is 4.79 Å². The summed E-state index contributed by atoms with van der Waals surface area (Å²) in [4.78, 5) is 15.1. The van der Waals surface area contributed by atoms with Gasteiger partial charge in [0.25, 0.3) is 0 Å². The summed E-state index contributed by atoms with van der Waals surface area (Å²) in [5.74, 6) is 5.11. The van der Waals surface area contributed by atoms with Crippen molar-refractivity contribution in [1.29, 1.82) is 0 Å². The van der Waals surface area contributed by atoms with Gasteiger partial charge in [0.05, 0.1) is 18.3 Å². The number of hydrogen-bond acceptors (Lipinski definition) is 4. The molecule has 3 fully saturated rings. The lowest BCUT2D eigenvalue weighted by atomic mass is 9.68. The Labute approximate surface area is 373 Å². The van der Waals surface area contributed by atoms with Gasteiger partial charge in [0.2, 0.25) is 0 Å². The monoisotopic (exact) mass is 839 g/mol. The van der Waals surface area contributed by atoms with Crippen molar-refractivity contribution in [3.8, 4) is 0 Å². The molecule has 3 saturated carbocycles. The first-order valence-electron chi connectivity index (χ1n) is 27.0. The number of rotatable bonds is 28. The summed E-state index contributed by atoms with van der Waals surface area (Å²) in [5.41, 5.74) is 0.222. The minimum absolute atomic E-state index is 0.00858. The van der Waals surface area contributed by atoms with E-state index in [2.05, 4.69) is 67.5 Å². The van der Waals surface area contributed by atoms with Gasteiger partial charge in [0.1, 0.15) is 5.78 Å². The number of Topliss-reactive ketones (excluding diaryl/α,β-unsaturated/α-hetero) is 1. The van der Waals surface area contributed by atoms with Crippen molar-refractivity contribution in [2.75, 3.05) is 0 Å². The molecule has 4 aliphatic carbocycles. The molecule has 0 heterocycles. The standard InChI is InChI=1S/C56H102O4/c1-9-12-16-27-47(43(8)53(58)31-30-48(57)37-49(42(7)34-40(4)5)45-23-17-13-18-24-45)36-54(59)51-38-56(32-21-15-22-33-56)39-52(51)55(60)50(46-25-19-14-20-26-46)35-41(6)28-29-44(10-2)11-3/h17,23,40-53,55,57-58,60H,9-16,18-22,24-39H2,1-8H3/t41-,42+,43+,45-,47-,48+,49?,50+,51+,52?,53?,55?/m0/s1. The lowest BCUT2D eigenvalue weighted by Gasteiger charge is -2.40. The van der Waals surface area contributed by atoms with Crippen molar-refractivity contribution in [2.45, 2.75) is 260 Å². The van der Waals surface area contributed by atoms with Crippen molar-refractivity contribution in [3.05, 3.63) is 12.2 Å². The second-order valence-corrected chi connectivity index (χ2v) is 23.0. The van der Waals surface area contributed by atoms with Crippen LogP contribution in [0.5, 0.6) is 0 Å². The zero-order valence-electron chi connectivity index (χ0n) is 41.1. The van der Waals surface area contributed by atoms with Gasteiger partial charge in [-0.05, 0) is 154 Å². The molecule has 350 valence electrons. The average Bonchev–Trinajstić information content (AvgIpc) is 3.62. The summed E-state index contributed by atoms with van der Waals surface area (Å²) >= 11 is 0. The average molecular weight is 839 g/mol. The number of ketones is 1. The fraction of sp³-hybridized carbons (Fsp3) is 0.946. The van der Waals surface area contributed by atoms with E-state index in [9.17, 15) is 15.3 Å². The van der Waals surface area contributed by atoms with Crippen molar-refractivity contribution in [2.24, 2.45) is 76.4 Å². The van der Waals surface area contributed by atoms with Crippen LogP contribution in [0.15, 0.2) is 12.2 Å². The Morgan fingerprint density at radius 1 is 0.717 bits per heavy atom. The highest BCUT2D eigenvalue weighted by Crippen LogP contribution is 2.57. The Hall–Kier alpha value is -0.710. The zero-order chi connectivity index (χ0) is 43.7. The number of allylic oxidation sites excluding steroid dienone is 2. The smallest absolute Gasteiger partial charge is 0.136 e. The maximum Gasteiger partial charge on any atom is 0.136 e. The lowest BCUT2D eigenvalue weighted by molar-refractivity contribution is -0.128. The summed E-state index contributed by atoms with van der Waals surface area (Å²) in [5, 5.41) is 36.2. The molecule has 3 N–H and O–H groups in total. The Morgan fingerprint density at radius 2 is 1.42 bits per heavy atom. The first-order chi connectivity index (χ1) is 28.8. The summed E-state index contributed by atoms with van der Waals surface area (Å²) < 4.78 is 0. The molecule has 0 amide bonds. The van der Waals surface area contributed by atoms with E-state index in [0.717, 1.165) is 57.3 Å². The van der Waals surface area contributed by atoms with Crippen molar-refractivity contribution in [1.82, 2.24) is 0 Å². The third-order valence-corrected chi connectivity index (χ3v) is 17.9. The lowest BCUT2D eigenvalue weighted by Crippen LogP contribution is -2.40. The van der Waals surface area contributed by atoms with Gasteiger partial charge in [-0.1, -0.05) is 164 Å². The second-order valence-electron chi connectivity index (χ2n) is 23.0. The predicted octanol–water partition coefficient (Wildman–Crippen LogP) is 15.1. The molecule has 1 spiro atoms. The predicted molar refractivity (Wildman–Crippen MR) is 256 cm³/mol. The maximum absolute atomic E-state index is 15.1. The first kappa shape index (κ1) is 51.9. The van der Waals surface area contributed by atoms with Crippen LogP contribution < -0.4 is 0 Å². The largest absolute Gasteiger partial charge is 0.393 e. The number of carbonyl (C=O) groups excluding carboxylic acids is 1. The molecule has 0 aromatic carbocycles. The van der Waals surface area contributed by atoms with E-state index in [-0.39, 0.29) is 29.1 Å². The number of hydrogen-bond donors (Lipinski definition) is 3. The number of aliphatic hydroxyl groups excluding tert-OH is 3. The van der Waals surface area contributed by atoms with Crippen LogP contribution in [0.3, 0.4) is 0 Å². The molecule has 0 aliphatic heterocycles. The Bertz CT molecular complexity index is 1180. The molecule has 4 aliphatic rings. The van der Waals surface area contributed by atoms with Crippen LogP contribution in [0.1, 0.15) is 242 Å². The van der Waals surface area contributed by atoms with Gasteiger partial charge >= 0.3 is 0 Å². The third kappa shape index (κ3) is 16.1. The van der Waals surface area contributed by atoms with E-state index in [4.69, 9.17) is 0 Å². The van der Waals surface area contributed by atoms with Crippen LogP contribution in [0, 0.1) is 76.4 Å². The number of unbranched alkanes of at least 4 members (excludes halogenated alkanes) is 2. The molecule has 60 heavy (non-hydrogen) atoms. The molecule has 0 radical (unpaired) electrons. The molecule has 0 aromatic rings. The van der Waals surface area contributed by atoms with Gasteiger partial charge in [0, 0.05) is 12.3 Å². The van der Waals surface area contributed by atoms with E-state index in [0.29, 0.717) is 66.5 Å². The van der Waals surface area contributed by atoms with Gasteiger partial charge in [-0.2, -0.15) is 0 Å². The summed E-state index contributed by atoms with van der Waals surface area (Å²) in [6.45, 7) is 18.6. The highest BCUT2D eigenvalue weighted by atomic mass is 16.3. The van der Waals surface area contributed by atoms with E-state index in [1.165, 1.54) is 116 Å². The Kier molecular flexibility index (Phi) is 23.3. The first-order valence-corrected chi connectivity index (χ1v) is 27.0. The van der Waals surface area contributed by atoms with Crippen LogP contribution >= 0.6 is 0 Å². The highest BCUT2D eigenvalue weighted by molar-refractivity contribution is 5.82. The van der Waals surface area contributed by atoms with Gasteiger partial charge < -0.3 is 15.3 Å². The topological polar surface area (TPSA) is 77.8 Å². The Balaban J connectivity index is 1.48. The molecule has 12 atom stereocenters. The minimum Gasteiger partial charge on any atom is -0.393 e. The highest BCUT2D eigenvalue weighted by Gasteiger charge is 2.52. The molecule has 4 heteroatoms. The van der Waals surface area contributed by atoms with Crippen LogP contribution in [0.4, 0.5) is 0 Å². The molecule has 4 nitrogen and oxygen atoms in total. The van der Waals surface area contributed by atoms with Crippen molar-refractivity contribution in [3.63, 3.8) is 0 Å². The van der Waals surface area contributed by atoms with E-state index < -0.39 is 18.3 Å². The molecular weight excluding hydrogens is 737 g/mol. The van der Waals surface area contributed by atoms with E-state index >= 15 is 4.79 Å². The van der Waals surface area contributed by atoms with Gasteiger partial charge in [-0.15, -0.1) is 0 Å². The quantitative estimate of drug-likeness (QED) is 0.0542. The molecule has 0 bridgehead atoms. The van der Waals surface area contributed by atoms with E-state index in [1.54, 1.807) is 0 Å². The van der Waals surface area contributed by atoms with Gasteiger partial charge in [-0.25, -0.2) is 0 Å². The SMILES string of the molecule is CCCCC[C@@H](CC(=O)[C@@H]1CC2(CCCCC2)CC1C(O)[C@H](C[C@@H](C)CCC(CC)CC)C1CCCCC1)[C@@H](C)C(O)CC[C@@H](O)CC([C@H](C)CC(C)C)[C@H]1C=CCCC1. The van der Waals surface area contributed by atoms with Gasteiger partial charge in [0.15, 0.2) is 0 Å². The minimum atomic E-state index is -0.521. The van der Waals surface area contributed by atoms with Crippen LogP contribution in [0.25, 0.3) is 0 Å². The Morgan fingerprint density at radius 3 is 2.05 bits per heavy atom. The van der Waals surface area contributed by atoms with E-state index in [1.807, 2.05) is 0 Å². The molecule has 4 rings (SSSR count). The maximum atomic E-state index is 15.1. The number of aliphatic hydroxyl groups is 3. The molecule has 4 unspecified atom stereocenters. The number of carbonyl (C=O) groups is 1. The fourth-order valence-corrected chi connectivity index (χ4v) is 14.0. The van der Waals surface area contributed by atoms with Crippen LogP contribution in [-0.2, 0) is 4.79 Å². The normalized spacial score (nSPS) is 27.1. The molecule has 0 aromatic heterocycles. The molecular formula is C56H102O4. The summed E-state index contributed by atoms with van der Waals surface area (Å²) in [6.07, 6.45) is 36.2. The van der Waals surface area contributed by atoms with Crippen LogP contribution in [-0.4, -0.2) is 39.4 Å². The third-order valence-electron chi connectivity index (χ3n) is 17.9. The van der Waals surface area contributed by atoms with Crippen molar-refractivity contribution >= 4 is 5.78 Å². The summed E-state index contributed by atoms with van der Waals surface area (Å²) in [7, 11) is 0. The van der Waals surface area contributed by atoms with Crippen LogP contribution in [0.2, 0.25) is 0 Å². The zero-order valence-corrected chi connectivity index (χ0v) is 41.1. The van der Waals surface area contributed by atoms with Crippen molar-refractivity contribution < 1.29 is 20.1 Å².